The minimum Gasteiger partial charge on any atom is -0.481 e. The Kier molecular flexibility index (Phi) is 5.48. The molecule has 2 amide bonds. The third-order valence-electron chi connectivity index (χ3n) is 4.95. The number of fused-ring (bicyclic) bond motifs is 2. The van der Waals surface area contributed by atoms with Crippen LogP contribution in [0.15, 0.2) is 0 Å². The van der Waals surface area contributed by atoms with Crippen LogP contribution in [0.3, 0.4) is 0 Å². The molecule has 2 fully saturated rings. The molecule has 21 heavy (non-hydrogen) atoms. The number of nitrogens with one attached hydrogen (secondary N) is 1. The molecule has 2 aliphatic rings. The van der Waals surface area contributed by atoms with E-state index in [0.29, 0.717) is 6.42 Å². The average molecular weight is 296 g/mol. The highest BCUT2D eigenvalue weighted by Crippen LogP contribution is 2.41. The Bertz CT molecular complexity index is 386. The second-order valence-electron chi connectivity index (χ2n) is 6.59. The van der Waals surface area contributed by atoms with E-state index in [-0.39, 0.29) is 30.1 Å². The average Bonchev–Trinajstić information content (AvgIpc) is 3.01. The number of urea groups is 1. The van der Waals surface area contributed by atoms with E-state index in [0.717, 1.165) is 25.7 Å². The minimum absolute atomic E-state index is 0.0609. The number of carboxylic acid groups (broad SMARTS) is 1. The van der Waals surface area contributed by atoms with Crippen LogP contribution in [0.4, 0.5) is 4.79 Å². The molecule has 2 saturated heterocycles. The van der Waals surface area contributed by atoms with Gasteiger partial charge in [-0.1, -0.05) is 32.6 Å². The predicted octanol–water partition coefficient (Wildman–Crippen LogP) is 2.99. The van der Waals surface area contributed by atoms with Crippen LogP contribution in [0.1, 0.15) is 65.2 Å². The molecule has 5 nitrogen and oxygen atoms in total. The molecule has 2 bridgehead atoms. The molecule has 4 atom stereocenters. The van der Waals surface area contributed by atoms with Crippen molar-refractivity contribution in [1.29, 1.82) is 0 Å². The Morgan fingerprint density at radius 1 is 1.29 bits per heavy atom. The van der Waals surface area contributed by atoms with Crippen molar-refractivity contribution in [2.75, 3.05) is 0 Å². The highest BCUT2D eigenvalue weighted by molar-refractivity contribution is 5.79. The van der Waals surface area contributed by atoms with Crippen LogP contribution in [-0.2, 0) is 4.79 Å². The summed E-state index contributed by atoms with van der Waals surface area (Å²) in [4.78, 5) is 25.4. The highest BCUT2D eigenvalue weighted by Gasteiger charge is 2.51. The summed E-state index contributed by atoms with van der Waals surface area (Å²) in [6.45, 7) is 4.23. The van der Waals surface area contributed by atoms with E-state index in [4.69, 9.17) is 0 Å². The lowest BCUT2D eigenvalue weighted by atomic mass is 9.89. The third kappa shape index (κ3) is 3.69. The Hall–Kier alpha value is -1.26. The second kappa shape index (κ2) is 7.14. The summed E-state index contributed by atoms with van der Waals surface area (Å²) < 4.78 is 0. The molecule has 0 aromatic carbocycles. The number of hydrogen-bond acceptors (Lipinski definition) is 2. The molecular weight excluding hydrogens is 268 g/mol. The second-order valence-corrected chi connectivity index (χ2v) is 6.59. The SMILES string of the molecule is CCCCCCC(C)NC(=O)N1C2CCC1C(C(=O)O)C2. The van der Waals surface area contributed by atoms with E-state index in [9.17, 15) is 14.7 Å². The Balaban J connectivity index is 1.80. The summed E-state index contributed by atoms with van der Waals surface area (Å²) in [5, 5.41) is 12.3. The smallest absolute Gasteiger partial charge is 0.318 e. The Morgan fingerprint density at radius 2 is 2.05 bits per heavy atom. The topological polar surface area (TPSA) is 69.6 Å². The summed E-state index contributed by atoms with van der Waals surface area (Å²) in [5.41, 5.74) is 0. The van der Waals surface area contributed by atoms with E-state index < -0.39 is 5.97 Å². The molecule has 0 aromatic heterocycles. The van der Waals surface area contributed by atoms with Gasteiger partial charge >= 0.3 is 12.0 Å². The lowest BCUT2D eigenvalue weighted by molar-refractivity contribution is -0.142. The number of unbranched alkanes of at least 4 members (excludes halogenated alkanes) is 3. The molecule has 2 heterocycles. The van der Waals surface area contributed by atoms with Crippen LogP contribution in [0.5, 0.6) is 0 Å². The number of carboxylic acids is 1. The zero-order valence-corrected chi connectivity index (χ0v) is 13.2. The normalized spacial score (nSPS) is 28.7. The van der Waals surface area contributed by atoms with Gasteiger partial charge in [-0.15, -0.1) is 0 Å². The number of hydrogen-bond donors (Lipinski definition) is 2. The Morgan fingerprint density at radius 3 is 2.67 bits per heavy atom. The summed E-state index contributed by atoms with van der Waals surface area (Å²) >= 11 is 0. The van der Waals surface area contributed by atoms with E-state index in [1.807, 2.05) is 6.92 Å². The number of rotatable bonds is 7. The molecule has 0 radical (unpaired) electrons. The molecule has 4 unspecified atom stereocenters. The number of nitrogens with zero attached hydrogens (tertiary/aromatic N) is 1. The van der Waals surface area contributed by atoms with Gasteiger partial charge in [0.05, 0.1) is 5.92 Å². The van der Waals surface area contributed by atoms with Crippen molar-refractivity contribution in [3.05, 3.63) is 0 Å². The Labute approximate surface area is 127 Å². The van der Waals surface area contributed by atoms with Crippen molar-refractivity contribution in [1.82, 2.24) is 10.2 Å². The van der Waals surface area contributed by atoms with Crippen molar-refractivity contribution in [2.45, 2.75) is 83.3 Å². The third-order valence-corrected chi connectivity index (χ3v) is 4.95. The highest BCUT2D eigenvalue weighted by atomic mass is 16.4. The molecule has 120 valence electrons. The first-order valence-electron chi connectivity index (χ1n) is 8.36. The van der Waals surface area contributed by atoms with Gasteiger partial charge in [-0.25, -0.2) is 4.79 Å². The van der Waals surface area contributed by atoms with Gasteiger partial charge in [0.2, 0.25) is 0 Å². The maximum absolute atomic E-state index is 12.4. The van der Waals surface area contributed by atoms with Crippen LogP contribution in [0.2, 0.25) is 0 Å². The first-order valence-corrected chi connectivity index (χ1v) is 8.36. The van der Waals surface area contributed by atoms with E-state index in [2.05, 4.69) is 12.2 Å². The van der Waals surface area contributed by atoms with Gasteiger partial charge in [-0.2, -0.15) is 0 Å². The van der Waals surface area contributed by atoms with Crippen LogP contribution >= 0.6 is 0 Å². The van der Waals surface area contributed by atoms with Gasteiger partial charge < -0.3 is 15.3 Å². The molecule has 2 aliphatic heterocycles. The number of carbonyl (C=O) groups excluding carboxylic acids is 1. The van der Waals surface area contributed by atoms with Gasteiger partial charge in [-0.3, -0.25) is 4.79 Å². The molecule has 0 aromatic rings. The molecule has 5 heteroatoms. The first kappa shape index (κ1) is 16.1. The van der Waals surface area contributed by atoms with Crippen LogP contribution in [0.25, 0.3) is 0 Å². The van der Waals surface area contributed by atoms with Crippen molar-refractivity contribution < 1.29 is 14.7 Å². The fourth-order valence-electron chi connectivity index (χ4n) is 3.81. The fraction of sp³-hybridized carbons (Fsp3) is 0.875. The van der Waals surface area contributed by atoms with Gasteiger partial charge in [0.1, 0.15) is 0 Å². The molecule has 0 saturated carbocycles. The fourth-order valence-corrected chi connectivity index (χ4v) is 3.81. The summed E-state index contributed by atoms with van der Waals surface area (Å²) in [5.74, 6) is -1.12. The van der Waals surface area contributed by atoms with Crippen LogP contribution < -0.4 is 5.32 Å². The molecule has 0 spiro atoms. The van der Waals surface area contributed by atoms with Crippen LogP contribution in [-0.4, -0.2) is 40.1 Å². The summed E-state index contributed by atoms with van der Waals surface area (Å²) in [6, 6.07) is 0.134. The summed E-state index contributed by atoms with van der Waals surface area (Å²) in [7, 11) is 0. The van der Waals surface area contributed by atoms with Gasteiger partial charge in [-0.05, 0) is 32.6 Å². The van der Waals surface area contributed by atoms with Gasteiger partial charge in [0.15, 0.2) is 0 Å². The van der Waals surface area contributed by atoms with Crippen molar-refractivity contribution in [3.63, 3.8) is 0 Å². The minimum atomic E-state index is -0.757. The van der Waals surface area contributed by atoms with Gasteiger partial charge in [0.25, 0.3) is 0 Å². The number of amides is 2. The first-order chi connectivity index (χ1) is 10.0. The number of carbonyl (C=O) groups is 2. The molecule has 2 N–H and O–H groups in total. The largest absolute Gasteiger partial charge is 0.481 e. The van der Waals surface area contributed by atoms with Crippen molar-refractivity contribution in [3.8, 4) is 0 Å². The summed E-state index contributed by atoms with van der Waals surface area (Å²) in [6.07, 6.45) is 8.22. The van der Waals surface area contributed by atoms with Crippen molar-refractivity contribution >= 4 is 12.0 Å². The quantitative estimate of drug-likeness (QED) is 0.710. The van der Waals surface area contributed by atoms with E-state index in [1.54, 1.807) is 4.90 Å². The zero-order valence-electron chi connectivity index (χ0n) is 13.2. The van der Waals surface area contributed by atoms with Gasteiger partial charge in [0, 0.05) is 18.1 Å². The predicted molar refractivity (Wildman–Crippen MR) is 81.1 cm³/mol. The molecular formula is C16H28N2O3. The molecule has 0 aliphatic carbocycles. The van der Waals surface area contributed by atoms with E-state index >= 15 is 0 Å². The van der Waals surface area contributed by atoms with Crippen LogP contribution in [0, 0.1) is 5.92 Å². The van der Waals surface area contributed by atoms with Crippen molar-refractivity contribution in [2.24, 2.45) is 5.92 Å². The standard InChI is InChI=1S/C16H28N2O3/c1-3-4-5-6-7-11(2)17-16(21)18-12-8-9-14(18)13(10-12)15(19)20/h11-14H,3-10H2,1-2H3,(H,17,21)(H,19,20). The lowest BCUT2D eigenvalue weighted by Crippen LogP contribution is -2.47. The number of aliphatic carboxylic acids is 1. The maximum Gasteiger partial charge on any atom is 0.318 e. The monoisotopic (exact) mass is 296 g/mol. The lowest BCUT2D eigenvalue weighted by Gasteiger charge is -2.25. The van der Waals surface area contributed by atoms with E-state index in [1.165, 1.54) is 19.3 Å². The zero-order chi connectivity index (χ0) is 15.4. The maximum atomic E-state index is 12.4. The molecule has 2 rings (SSSR count).